The van der Waals surface area contributed by atoms with Crippen LogP contribution in [0, 0.1) is 0 Å². The van der Waals surface area contributed by atoms with Crippen molar-refractivity contribution in [3.63, 3.8) is 0 Å². The predicted molar refractivity (Wildman–Crippen MR) is 98.4 cm³/mol. The van der Waals surface area contributed by atoms with E-state index in [0.29, 0.717) is 22.4 Å². The van der Waals surface area contributed by atoms with Crippen molar-refractivity contribution in [2.75, 3.05) is 6.54 Å². The minimum absolute atomic E-state index is 0.308. The summed E-state index contributed by atoms with van der Waals surface area (Å²) in [6.07, 6.45) is 1.52. The highest BCUT2D eigenvalue weighted by molar-refractivity contribution is 6.30. The number of aromatic carboxylic acids is 1. The second kappa shape index (κ2) is 6.47. The SMILES string of the molecule is O=C(O)c1cc(Cc2ccc(Cl)cc2)nc2c3c(ccc12)CCNC3. The molecule has 1 aromatic heterocycles. The average molecular weight is 353 g/mol. The number of fused-ring (bicyclic) bond motifs is 3. The number of carbonyl (C=O) groups is 1. The Kier molecular flexibility index (Phi) is 4.15. The summed E-state index contributed by atoms with van der Waals surface area (Å²) in [5.41, 5.74) is 5.28. The zero-order chi connectivity index (χ0) is 17.4. The van der Waals surface area contributed by atoms with E-state index >= 15 is 0 Å². The van der Waals surface area contributed by atoms with Crippen LogP contribution in [0.1, 0.15) is 32.7 Å². The number of hydrogen-bond donors (Lipinski definition) is 2. The molecule has 2 heterocycles. The summed E-state index contributed by atoms with van der Waals surface area (Å²) >= 11 is 5.94. The second-order valence-corrected chi connectivity index (χ2v) is 6.73. The van der Waals surface area contributed by atoms with Gasteiger partial charge in [0.1, 0.15) is 0 Å². The van der Waals surface area contributed by atoms with E-state index in [0.717, 1.165) is 41.8 Å². The first-order chi connectivity index (χ1) is 12.1. The number of benzene rings is 2. The fourth-order valence-electron chi connectivity index (χ4n) is 3.39. The van der Waals surface area contributed by atoms with E-state index in [2.05, 4.69) is 5.32 Å². The van der Waals surface area contributed by atoms with Crippen LogP contribution in [0.25, 0.3) is 10.9 Å². The molecule has 25 heavy (non-hydrogen) atoms. The van der Waals surface area contributed by atoms with Gasteiger partial charge < -0.3 is 10.4 Å². The Bertz CT molecular complexity index is 968. The molecule has 0 saturated carbocycles. The lowest BCUT2D eigenvalue weighted by Crippen LogP contribution is -2.24. The number of rotatable bonds is 3. The predicted octanol–water partition coefficient (Wildman–Crippen LogP) is 3.82. The molecule has 1 aliphatic rings. The van der Waals surface area contributed by atoms with Gasteiger partial charge in [-0.1, -0.05) is 35.9 Å². The van der Waals surface area contributed by atoms with Gasteiger partial charge in [0.25, 0.3) is 0 Å². The van der Waals surface area contributed by atoms with E-state index < -0.39 is 5.97 Å². The topological polar surface area (TPSA) is 62.2 Å². The van der Waals surface area contributed by atoms with Gasteiger partial charge in [-0.05, 0) is 47.9 Å². The van der Waals surface area contributed by atoms with Gasteiger partial charge in [-0.15, -0.1) is 0 Å². The van der Waals surface area contributed by atoms with Gasteiger partial charge in [-0.2, -0.15) is 0 Å². The van der Waals surface area contributed by atoms with Crippen molar-refractivity contribution in [2.24, 2.45) is 0 Å². The highest BCUT2D eigenvalue weighted by Gasteiger charge is 2.18. The highest BCUT2D eigenvalue weighted by Crippen LogP contribution is 2.27. The minimum atomic E-state index is -0.923. The number of carboxylic acids is 1. The van der Waals surface area contributed by atoms with Gasteiger partial charge >= 0.3 is 5.97 Å². The highest BCUT2D eigenvalue weighted by atomic mass is 35.5. The van der Waals surface area contributed by atoms with Crippen molar-refractivity contribution < 1.29 is 9.90 Å². The summed E-state index contributed by atoms with van der Waals surface area (Å²) in [5.74, 6) is -0.923. The summed E-state index contributed by atoms with van der Waals surface area (Å²) < 4.78 is 0. The molecule has 0 amide bonds. The maximum atomic E-state index is 11.8. The summed E-state index contributed by atoms with van der Waals surface area (Å²) in [4.78, 5) is 16.6. The van der Waals surface area contributed by atoms with E-state index in [9.17, 15) is 9.90 Å². The molecular formula is C20H17ClN2O2. The summed E-state index contributed by atoms with van der Waals surface area (Å²) in [5, 5.41) is 14.4. The minimum Gasteiger partial charge on any atom is -0.478 e. The lowest BCUT2D eigenvalue weighted by molar-refractivity contribution is 0.0699. The van der Waals surface area contributed by atoms with E-state index in [4.69, 9.17) is 16.6 Å². The van der Waals surface area contributed by atoms with E-state index in [1.54, 1.807) is 6.07 Å². The molecule has 4 nitrogen and oxygen atoms in total. The van der Waals surface area contributed by atoms with Gasteiger partial charge in [0.2, 0.25) is 0 Å². The van der Waals surface area contributed by atoms with Crippen LogP contribution in [-0.4, -0.2) is 22.6 Å². The largest absolute Gasteiger partial charge is 0.478 e. The molecule has 0 bridgehead atoms. The smallest absolute Gasteiger partial charge is 0.336 e. The molecule has 4 rings (SSSR count). The van der Waals surface area contributed by atoms with Crippen LogP contribution in [0.4, 0.5) is 0 Å². The molecule has 0 spiro atoms. The Morgan fingerprint density at radius 2 is 2.00 bits per heavy atom. The van der Waals surface area contributed by atoms with Crippen LogP contribution in [0.15, 0.2) is 42.5 Å². The monoisotopic (exact) mass is 352 g/mol. The molecule has 5 heteroatoms. The molecule has 2 aromatic carbocycles. The van der Waals surface area contributed by atoms with Crippen molar-refractivity contribution >= 4 is 28.5 Å². The Labute approximate surface area is 150 Å². The number of pyridine rings is 1. The first-order valence-corrected chi connectivity index (χ1v) is 8.62. The molecule has 2 N–H and O–H groups in total. The molecule has 126 valence electrons. The summed E-state index contributed by atoms with van der Waals surface area (Å²) in [6, 6.07) is 13.2. The van der Waals surface area contributed by atoms with Crippen LogP contribution in [-0.2, 0) is 19.4 Å². The van der Waals surface area contributed by atoms with Crippen LogP contribution >= 0.6 is 11.6 Å². The van der Waals surface area contributed by atoms with Gasteiger partial charge in [0, 0.05) is 29.1 Å². The fraction of sp³-hybridized carbons (Fsp3) is 0.200. The third-order valence-corrected chi connectivity index (χ3v) is 4.89. The average Bonchev–Trinajstić information content (AvgIpc) is 2.63. The summed E-state index contributed by atoms with van der Waals surface area (Å²) in [6.45, 7) is 1.66. The maximum Gasteiger partial charge on any atom is 0.336 e. The van der Waals surface area contributed by atoms with Gasteiger partial charge in [-0.25, -0.2) is 4.79 Å². The van der Waals surface area contributed by atoms with Crippen molar-refractivity contribution in [3.05, 3.63) is 75.4 Å². The standard InChI is InChI=1S/C20H17ClN2O2/c21-14-4-1-12(2-5-14)9-15-10-17(20(24)25)16-6-3-13-7-8-22-11-18(13)19(16)23-15/h1-6,10,22H,7-9,11H2,(H,24,25). The zero-order valence-electron chi connectivity index (χ0n) is 13.6. The van der Waals surface area contributed by atoms with Crippen molar-refractivity contribution in [3.8, 4) is 0 Å². The molecule has 0 unspecified atom stereocenters. The molecule has 0 aliphatic carbocycles. The fourth-order valence-corrected chi connectivity index (χ4v) is 3.52. The molecule has 3 aromatic rings. The summed E-state index contributed by atoms with van der Waals surface area (Å²) in [7, 11) is 0. The first-order valence-electron chi connectivity index (χ1n) is 8.24. The lowest BCUT2D eigenvalue weighted by Gasteiger charge is -2.19. The van der Waals surface area contributed by atoms with Gasteiger partial charge in [-0.3, -0.25) is 4.98 Å². The van der Waals surface area contributed by atoms with E-state index in [-0.39, 0.29) is 0 Å². The third kappa shape index (κ3) is 3.11. The quantitative estimate of drug-likeness (QED) is 0.752. The van der Waals surface area contributed by atoms with Crippen molar-refractivity contribution in [1.82, 2.24) is 10.3 Å². The number of nitrogens with one attached hydrogen (secondary N) is 1. The lowest BCUT2D eigenvalue weighted by atomic mass is 9.95. The third-order valence-electron chi connectivity index (χ3n) is 4.64. The van der Waals surface area contributed by atoms with Gasteiger partial charge in [0.15, 0.2) is 0 Å². The van der Waals surface area contributed by atoms with Gasteiger partial charge in [0.05, 0.1) is 11.1 Å². The van der Waals surface area contributed by atoms with Crippen LogP contribution in [0.5, 0.6) is 0 Å². The molecule has 0 radical (unpaired) electrons. The molecule has 0 atom stereocenters. The number of aromatic nitrogens is 1. The van der Waals surface area contributed by atoms with Crippen molar-refractivity contribution in [1.29, 1.82) is 0 Å². The second-order valence-electron chi connectivity index (χ2n) is 6.30. The Balaban J connectivity index is 1.87. The molecule has 0 fully saturated rings. The van der Waals surface area contributed by atoms with Crippen LogP contribution in [0.2, 0.25) is 5.02 Å². The number of carboxylic acid groups (broad SMARTS) is 1. The van der Waals surface area contributed by atoms with Crippen molar-refractivity contribution in [2.45, 2.75) is 19.4 Å². The number of halogens is 1. The number of nitrogens with zero attached hydrogens (tertiary/aromatic N) is 1. The van der Waals surface area contributed by atoms with E-state index in [1.807, 2.05) is 36.4 Å². The Morgan fingerprint density at radius 1 is 1.20 bits per heavy atom. The molecule has 0 saturated heterocycles. The van der Waals surface area contributed by atoms with Crippen LogP contribution in [0.3, 0.4) is 0 Å². The number of hydrogen-bond acceptors (Lipinski definition) is 3. The zero-order valence-corrected chi connectivity index (χ0v) is 14.3. The van der Waals surface area contributed by atoms with Crippen LogP contribution < -0.4 is 5.32 Å². The molecular weight excluding hydrogens is 336 g/mol. The normalized spacial score (nSPS) is 13.6. The van der Waals surface area contributed by atoms with E-state index in [1.165, 1.54) is 5.56 Å². The molecule has 1 aliphatic heterocycles. The Morgan fingerprint density at radius 3 is 2.76 bits per heavy atom. The maximum absolute atomic E-state index is 11.8. The first kappa shape index (κ1) is 16.1. The Hall–Kier alpha value is -2.43.